The Hall–Kier alpha value is -1.67. The third kappa shape index (κ3) is 3.42. The van der Waals surface area contributed by atoms with E-state index >= 15 is 0 Å². The molecule has 2 N–H and O–H groups in total. The maximum Gasteiger partial charge on any atom is 0.215 e. The van der Waals surface area contributed by atoms with Crippen LogP contribution >= 0.6 is 0 Å². The average molecular weight is 257 g/mol. The molecule has 1 aromatic heterocycles. The quantitative estimate of drug-likeness (QED) is 0.782. The molecule has 1 aromatic carbocycles. The minimum absolute atomic E-state index is 1.30. The van der Waals surface area contributed by atoms with E-state index in [0.29, 0.717) is 0 Å². The highest BCUT2D eigenvalue weighted by Gasteiger charge is 2.15. The first-order chi connectivity index (χ1) is 8.99. The number of hydrogen-bond donors (Lipinski definition) is 1. The molecule has 0 atom stereocenters. The summed E-state index contributed by atoms with van der Waals surface area (Å²) in [5.41, 5.74) is 12.4. The van der Waals surface area contributed by atoms with Gasteiger partial charge in [-0.25, -0.2) is 4.57 Å². The van der Waals surface area contributed by atoms with Crippen LogP contribution in [0.4, 0.5) is 0 Å². The second-order valence-electron chi connectivity index (χ2n) is 4.98. The van der Waals surface area contributed by atoms with Gasteiger partial charge < -0.3 is 5.73 Å². The summed E-state index contributed by atoms with van der Waals surface area (Å²) in [6.45, 7) is 8.64. The number of aryl methyl sites for hydroxylation is 5. The van der Waals surface area contributed by atoms with Crippen molar-refractivity contribution in [2.24, 2.45) is 12.8 Å². The van der Waals surface area contributed by atoms with E-state index in [9.17, 15) is 0 Å². The summed E-state index contributed by atoms with van der Waals surface area (Å²) in [7, 11) is 3.62. The topological polar surface area (TPSA) is 29.9 Å². The largest absolute Gasteiger partial charge is 0.333 e. The minimum Gasteiger partial charge on any atom is -0.333 e. The summed E-state index contributed by atoms with van der Waals surface area (Å²) in [6, 6.07) is 8.90. The zero-order chi connectivity index (χ0) is 14.6. The maximum absolute atomic E-state index is 4.50. The molecule has 1 heterocycles. The van der Waals surface area contributed by atoms with Crippen molar-refractivity contribution in [2.75, 3.05) is 7.05 Å². The molecule has 19 heavy (non-hydrogen) atoms. The summed E-state index contributed by atoms with van der Waals surface area (Å²) in [5.74, 6) is 0. The molecule has 0 bridgehead atoms. The summed E-state index contributed by atoms with van der Waals surface area (Å²) < 4.78 is 2.22. The van der Waals surface area contributed by atoms with Gasteiger partial charge in [0, 0.05) is 16.7 Å². The van der Waals surface area contributed by atoms with E-state index < -0.39 is 0 Å². The lowest BCUT2D eigenvalue weighted by molar-refractivity contribution is -0.661. The first-order valence-electron chi connectivity index (χ1n) is 6.61. The van der Waals surface area contributed by atoms with Crippen molar-refractivity contribution in [3.8, 4) is 11.3 Å². The second-order valence-corrected chi connectivity index (χ2v) is 4.98. The standard InChI is InChI=1S/C16H20N.CH5N/c1-11-6-7-15(13(3)8-11)16-14(4)9-12(2)10-17(16)5;1-2/h6-10H,1-5H3;2H2,1H3/q+1;. The molecule has 2 heteroatoms. The van der Waals surface area contributed by atoms with Crippen LogP contribution < -0.4 is 10.3 Å². The highest BCUT2D eigenvalue weighted by atomic mass is 14.9. The normalized spacial score (nSPS) is 9.84. The van der Waals surface area contributed by atoms with Crippen molar-refractivity contribution in [3.05, 3.63) is 52.7 Å². The summed E-state index contributed by atoms with van der Waals surface area (Å²) in [4.78, 5) is 0. The number of nitrogens with zero attached hydrogens (tertiary/aromatic N) is 1. The molecule has 0 unspecified atom stereocenters. The van der Waals surface area contributed by atoms with Gasteiger partial charge in [-0.15, -0.1) is 0 Å². The van der Waals surface area contributed by atoms with Gasteiger partial charge in [0.05, 0.1) is 0 Å². The van der Waals surface area contributed by atoms with Crippen LogP contribution in [0.3, 0.4) is 0 Å². The molecule has 0 radical (unpaired) electrons. The fourth-order valence-electron chi connectivity index (χ4n) is 2.58. The van der Waals surface area contributed by atoms with Crippen molar-refractivity contribution >= 4 is 0 Å². The van der Waals surface area contributed by atoms with Crippen LogP contribution in [0.25, 0.3) is 11.3 Å². The van der Waals surface area contributed by atoms with Gasteiger partial charge in [-0.2, -0.15) is 0 Å². The van der Waals surface area contributed by atoms with Crippen LogP contribution in [0.5, 0.6) is 0 Å². The number of aromatic nitrogens is 1. The van der Waals surface area contributed by atoms with Crippen LogP contribution in [0, 0.1) is 27.7 Å². The van der Waals surface area contributed by atoms with Crippen molar-refractivity contribution in [1.29, 1.82) is 0 Å². The smallest absolute Gasteiger partial charge is 0.215 e. The van der Waals surface area contributed by atoms with Crippen LogP contribution in [0.15, 0.2) is 30.5 Å². The Kier molecular flexibility index (Phi) is 5.25. The van der Waals surface area contributed by atoms with Crippen LogP contribution in [0.2, 0.25) is 0 Å². The molecule has 102 valence electrons. The number of rotatable bonds is 1. The van der Waals surface area contributed by atoms with E-state index in [1.165, 1.54) is 40.6 Å². The van der Waals surface area contributed by atoms with Crippen molar-refractivity contribution in [2.45, 2.75) is 27.7 Å². The Bertz CT molecular complexity index is 548. The molecule has 0 fully saturated rings. The fraction of sp³-hybridized carbons (Fsp3) is 0.353. The summed E-state index contributed by atoms with van der Waals surface area (Å²) in [5, 5.41) is 0. The van der Waals surface area contributed by atoms with E-state index in [0.717, 1.165) is 0 Å². The van der Waals surface area contributed by atoms with Gasteiger partial charge in [-0.3, -0.25) is 0 Å². The van der Waals surface area contributed by atoms with Gasteiger partial charge in [-0.1, -0.05) is 17.7 Å². The lowest BCUT2D eigenvalue weighted by Crippen LogP contribution is -2.32. The molecule has 0 aliphatic rings. The molecular weight excluding hydrogens is 232 g/mol. The fourth-order valence-corrected chi connectivity index (χ4v) is 2.58. The van der Waals surface area contributed by atoms with Crippen LogP contribution in [0.1, 0.15) is 22.3 Å². The van der Waals surface area contributed by atoms with Gasteiger partial charge in [0.15, 0.2) is 6.20 Å². The highest BCUT2D eigenvalue weighted by molar-refractivity contribution is 5.64. The molecular formula is C17H25N2+. The van der Waals surface area contributed by atoms with Crippen LogP contribution in [-0.4, -0.2) is 7.05 Å². The van der Waals surface area contributed by atoms with E-state index in [1.807, 2.05) is 0 Å². The maximum atomic E-state index is 4.50. The van der Waals surface area contributed by atoms with Gasteiger partial charge in [0.2, 0.25) is 5.69 Å². The number of pyridine rings is 1. The Balaban J connectivity index is 0.000000861. The zero-order valence-corrected chi connectivity index (χ0v) is 12.9. The molecule has 2 nitrogen and oxygen atoms in total. The van der Waals surface area contributed by atoms with Gasteiger partial charge in [0.25, 0.3) is 0 Å². The van der Waals surface area contributed by atoms with Crippen LogP contribution in [-0.2, 0) is 7.05 Å². The first kappa shape index (κ1) is 15.4. The summed E-state index contributed by atoms with van der Waals surface area (Å²) in [6.07, 6.45) is 2.18. The van der Waals surface area contributed by atoms with Gasteiger partial charge in [0.1, 0.15) is 7.05 Å². The zero-order valence-electron chi connectivity index (χ0n) is 12.9. The molecule has 2 aromatic rings. The molecule has 0 amide bonds. The van der Waals surface area contributed by atoms with Crippen molar-refractivity contribution in [1.82, 2.24) is 0 Å². The van der Waals surface area contributed by atoms with Crippen molar-refractivity contribution in [3.63, 3.8) is 0 Å². The molecule has 0 saturated heterocycles. The van der Waals surface area contributed by atoms with E-state index in [1.54, 1.807) is 0 Å². The Morgan fingerprint density at radius 3 is 1.95 bits per heavy atom. The van der Waals surface area contributed by atoms with Gasteiger partial charge >= 0.3 is 0 Å². The lowest BCUT2D eigenvalue weighted by Gasteiger charge is -2.08. The van der Waals surface area contributed by atoms with Crippen molar-refractivity contribution < 1.29 is 4.57 Å². The third-order valence-corrected chi connectivity index (χ3v) is 3.20. The predicted octanol–water partition coefficient (Wildman–Crippen LogP) is 2.99. The Morgan fingerprint density at radius 1 is 0.842 bits per heavy atom. The third-order valence-electron chi connectivity index (χ3n) is 3.20. The SMILES string of the molecule is CN.Cc1ccc(-c2c(C)cc(C)c[n+]2C)c(C)c1. The average Bonchev–Trinajstić information content (AvgIpc) is 2.33. The monoisotopic (exact) mass is 257 g/mol. The Morgan fingerprint density at radius 2 is 1.42 bits per heavy atom. The molecule has 0 spiro atoms. The van der Waals surface area contributed by atoms with Gasteiger partial charge in [-0.05, 0) is 52.4 Å². The number of hydrogen-bond acceptors (Lipinski definition) is 1. The first-order valence-corrected chi connectivity index (χ1v) is 6.61. The second kappa shape index (κ2) is 6.48. The minimum atomic E-state index is 1.30. The molecule has 0 saturated carbocycles. The molecule has 2 rings (SSSR count). The van der Waals surface area contributed by atoms with E-state index in [2.05, 4.69) is 75.5 Å². The predicted molar refractivity (Wildman–Crippen MR) is 82.1 cm³/mol. The molecule has 0 aliphatic heterocycles. The number of benzene rings is 1. The number of nitrogens with two attached hydrogens (primary N) is 1. The molecule has 0 aliphatic carbocycles. The van der Waals surface area contributed by atoms with E-state index in [4.69, 9.17) is 0 Å². The van der Waals surface area contributed by atoms with E-state index in [-0.39, 0.29) is 0 Å². The highest BCUT2D eigenvalue weighted by Crippen LogP contribution is 2.24. The Labute approximate surface area is 116 Å². The summed E-state index contributed by atoms with van der Waals surface area (Å²) >= 11 is 0. The lowest BCUT2D eigenvalue weighted by atomic mass is 9.99.